The molecule has 0 aromatic heterocycles. The van der Waals surface area contributed by atoms with Crippen molar-refractivity contribution in [3.63, 3.8) is 0 Å². The molecule has 1 saturated heterocycles. The topological polar surface area (TPSA) is 79.0 Å². The lowest BCUT2D eigenvalue weighted by molar-refractivity contribution is 0.0746. The van der Waals surface area contributed by atoms with Gasteiger partial charge in [0.2, 0.25) is 10.0 Å². The zero-order chi connectivity index (χ0) is 21.8. The maximum absolute atomic E-state index is 12.9. The number of hydrogen-bond donors (Lipinski definition) is 1. The molecule has 2 aromatic carbocycles. The third-order valence-corrected chi connectivity index (χ3v) is 7.63. The van der Waals surface area contributed by atoms with Gasteiger partial charge in [-0.05, 0) is 61.4 Å². The molecule has 4 rings (SSSR count). The first-order valence-electron chi connectivity index (χ1n) is 10.8. The van der Waals surface area contributed by atoms with E-state index in [4.69, 9.17) is 4.74 Å². The second-order valence-corrected chi connectivity index (χ2v) is 9.82. The number of carbonyl (C=O) groups excluding carboxylic acids is 1. The molecule has 1 saturated carbocycles. The van der Waals surface area contributed by atoms with E-state index in [2.05, 4.69) is 9.62 Å². The summed E-state index contributed by atoms with van der Waals surface area (Å²) >= 11 is 0. The van der Waals surface area contributed by atoms with Gasteiger partial charge < -0.3 is 14.5 Å². The van der Waals surface area contributed by atoms with Crippen molar-refractivity contribution < 1.29 is 17.9 Å². The number of benzene rings is 2. The number of methoxy groups -OCH3 is 1. The first-order chi connectivity index (χ1) is 15.0. The second-order valence-electron chi connectivity index (χ2n) is 8.10. The number of ether oxygens (including phenoxy) is 1. The maximum atomic E-state index is 12.9. The summed E-state index contributed by atoms with van der Waals surface area (Å²) in [5.74, 6) is 0.753. The van der Waals surface area contributed by atoms with Gasteiger partial charge in [-0.15, -0.1) is 0 Å². The standard InChI is InChI=1S/C23H29N3O4S/c1-30-21-10-8-20(9-11-21)25-14-16-26(17-15-25)23(27)18-6-12-22(13-7-18)31(28,29)24-19-4-2-3-5-19/h6-13,19,24H,2-5,14-17H2,1H3. The highest BCUT2D eigenvalue weighted by Crippen LogP contribution is 2.22. The van der Waals surface area contributed by atoms with Gasteiger partial charge in [0, 0.05) is 43.5 Å². The Bertz CT molecular complexity index is 992. The Kier molecular flexibility index (Phi) is 6.48. The SMILES string of the molecule is COc1ccc(N2CCN(C(=O)c3ccc(S(=O)(=O)NC4CCCC4)cc3)CC2)cc1. The summed E-state index contributed by atoms with van der Waals surface area (Å²) in [6.07, 6.45) is 3.90. The van der Waals surface area contributed by atoms with Crippen molar-refractivity contribution in [1.29, 1.82) is 0 Å². The number of rotatable bonds is 6. The number of sulfonamides is 1. The largest absolute Gasteiger partial charge is 0.497 e. The Morgan fingerprint density at radius 3 is 2.13 bits per heavy atom. The molecule has 0 atom stereocenters. The van der Waals surface area contributed by atoms with Crippen LogP contribution in [0.2, 0.25) is 0 Å². The van der Waals surface area contributed by atoms with Crippen molar-refractivity contribution in [3.8, 4) is 5.75 Å². The molecule has 1 aliphatic carbocycles. The van der Waals surface area contributed by atoms with Crippen molar-refractivity contribution in [1.82, 2.24) is 9.62 Å². The quantitative estimate of drug-likeness (QED) is 0.743. The first-order valence-corrected chi connectivity index (χ1v) is 12.3. The molecule has 8 heteroatoms. The number of anilines is 1. The number of carbonyl (C=O) groups is 1. The van der Waals surface area contributed by atoms with Gasteiger partial charge in [-0.25, -0.2) is 13.1 Å². The van der Waals surface area contributed by atoms with Crippen LogP contribution in [-0.2, 0) is 10.0 Å². The van der Waals surface area contributed by atoms with Gasteiger partial charge in [0.1, 0.15) is 5.75 Å². The van der Waals surface area contributed by atoms with Crippen molar-refractivity contribution >= 4 is 21.6 Å². The fourth-order valence-corrected chi connectivity index (χ4v) is 5.56. The first kappa shape index (κ1) is 21.6. The number of hydrogen-bond acceptors (Lipinski definition) is 5. The molecule has 2 fully saturated rings. The maximum Gasteiger partial charge on any atom is 0.253 e. The Hall–Kier alpha value is -2.58. The van der Waals surface area contributed by atoms with Crippen LogP contribution in [0.5, 0.6) is 5.75 Å². The Balaban J connectivity index is 1.35. The lowest BCUT2D eigenvalue weighted by Gasteiger charge is -2.36. The molecule has 1 aliphatic heterocycles. The van der Waals surface area contributed by atoms with E-state index in [9.17, 15) is 13.2 Å². The van der Waals surface area contributed by atoms with Crippen LogP contribution >= 0.6 is 0 Å². The van der Waals surface area contributed by atoms with Crippen LogP contribution in [0.15, 0.2) is 53.4 Å². The van der Waals surface area contributed by atoms with Gasteiger partial charge in [0.25, 0.3) is 5.91 Å². The summed E-state index contributed by atoms with van der Waals surface area (Å²) in [4.78, 5) is 17.2. The van der Waals surface area contributed by atoms with E-state index >= 15 is 0 Å². The summed E-state index contributed by atoms with van der Waals surface area (Å²) in [7, 11) is -1.90. The summed E-state index contributed by atoms with van der Waals surface area (Å²) in [6, 6.07) is 14.2. The van der Waals surface area contributed by atoms with Crippen LogP contribution in [0, 0.1) is 0 Å². The molecule has 1 amide bonds. The van der Waals surface area contributed by atoms with Gasteiger partial charge in [-0.3, -0.25) is 4.79 Å². The number of piperazine rings is 1. The van der Waals surface area contributed by atoms with E-state index in [0.717, 1.165) is 50.2 Å². The monoisotopic (exact) mass is 443 g/mol. The van der Waals surface area contributed by atoms with Gasteiger partial charge in [0.15, 0.2) is 0 Å². The highest BCUT2D eigenvalue weighted by molar-refractivity contribution is 7.89. The average molecular weight is 444 g/mol. The summed E-state index contributed by atoms with van der Waals surface area (Å²) in [6.45, 7) is 2.73. The molecule has 31 heavy (non-hydrogen) atoms. The van der Waals surface area contributed by atoms with Crippen molar-refractivity contribution in [2.75, 3.05) is 38.2 Å². The summed E-state index contributed by atoms with van der Waals surface area (Å²) in [5.41, 5.74) is 1.62. The van der Waals surface area contributed by atoms with E-state index in [1.807, 2.05) is 29.2 Å². The van der Waals surface area contributed by atoms with E-state index in [-0.39, 0.29) is 16.8 Å². The van der Waals surface area contributed by atoms with Crippen LogP contribution in [0.4, 0.5) is 5.69 Å². The van der Waals surface area contributed by atoms with Crippen LogP contribution in [0.1, 0.15) is 36.0 Å². The van der Waals surface area contributed by atoms with Crippen LogP contribution in [0.25, 0.3) is 0 Å². The molecule has 0 spiro atoms. The van der Waals surface area contributed by atoms with E-state index in [0.29, 0.717) is 18.7 Å². The van der Waals surface area contributed by atoms with Crippen LogP contribution in [0.3, 0.4) is 0 Å². The molecule has 2 aliphatic rings. The highest BCUT2D eigenvalue weighted by atomic mass is 32.2. The molecule has 0 bridgehead atoms. The summed E-state index contributed by atoms with van der Waals surface area (Å²) < 4.78 is 33.1. The molecule has 1 heterocycles. The summed E-state index contributed by atoms with van der Waals surface area (Å²) in [5, 5.41) is 0. The molecular formula is C23H29N3O4S. The number of nitrogens with zero attached hydrogens (tertiary/aromatic N) is 2. The second kappa shape index (κ2) is 9.28. The normalized spacial score (nSPS) is 17.7. The molecular weight excluding hydrogens is 414 g/mol. The van der Waals surface area contributed by atoms with Crippen LogP contribution in [-0.4, -0.2) is 58.6 Å². The zero-order valence-electron chi connectivity index (χ0n) is 17.8. The molecule has 0 radical (unpaired) electrons. The minimum atomic E-state index is -3.54. The Labute approximate surface area is 184 Å². The van der Waals surface area contributed by atoms with Crippen molar-refractivity contribution in [3.05, 3.63) is 54.1 Å². The Morgan fingerprint density at radius 1 is 0.935 bits per heavy atom. The molecule has 166 valence electrons. The number of nitrogens with one attached hydrogen (secondary N) is 1. The van der Waals surface area contributed by atoms with E-state index in [1.54, 1.807) is 19.2 Å². The van der Waals surface area contributed by atoms with Gasteiger partial charge in [-0.1, -0.05) is 12.8 Å². The lowest BCUT2D eigenvalue weighted by atomic mass is 10.1. The minimum Gasteiger partial charge on any atom is -0.497 e. The van der Waals surface area contributed by atoms with Crippen molar-refractivity contribution in [2.45, 2.75) is 36.6 Å². The fraction of sp³-hybridized carbons (Fsp3) is 0.435. The molecule has 2 aromatic rings. The predicted molar refractivity (Wildman–Crippen MR) is 120 cm³/mol. The zero-order valence-corrected chi connectivity index (χ0v) is 18.6. The Morgan fingerprint density at radius 2 is 1.55 bits per heavy atom. The average Bonchev–Trinajstić information content (AvgIpc) is 3.31. The number of amides is 1. The third kappa shape index (κ3) is 5.02. The highest BCUT2D eigenvalue weighted by Gasteiger charge is 2.25. The lowest BCUT2D eigenvalue weighted by Crippen LogP contribution is -2.48. The minimum absolute atomic E-state index is 0.0216. The van der Waals surface area contributed by atoms with Gasteiger partial charge in [0.05, 0.1) is 12.0 Å². The van der Waals surface area contributed by atoms with Crippen molar-refractivity contribution in [2.24, 2.45) is 0 Å². The molecule has 0 unspecified atom stereocenters. The van der Waals surface area contributed by atoms with Gasteiger partial charge >= 0.3 is 0 Å². The fourth-order valence-electron chi connectivity index (χ4n) is 4.25. The third-order valence-electron chi connectivity index (χ3n) is 6.09. The smallest absolute Gasteiger partial charge is 0.253 e. The van der Waals surface area contributed by atoms with Crippen LogP contribution < -0.4 is 14.4 Å². The molecule has 7 nitrogen and oxygen atoms in total. The molecule has 1 N–H and O–H groups in total. The van der Waals surface area contributed by atoms with E-state index in [1.165, 1.54) is 12.1 Å². The van der Waals surface area contributed by atoms with E-state index < -0.39 is 10.0 Å². The van der Waals surface area contributed by atoms with Gasteiger partial charge in [-0.2, -0.15) is 0 Å². The predicted octanol–water partition coefficient (Wildman–Crippen LogP) is 2.88.